The lowest BCUT2D eigenvalue weighted by atomic mass is 10.2. The third kappa shape index (κ3) is 3.34. The van der Waals surface area contributed by atoms with Crippen molar-refractivity contribution < 1.29 is 14.7 Å². The molecule has 0 saturated carbocycles. The number of aliphatic carboxylic acids is 1. The van der Waals surface area contributed by atoms with Gasteiger partial charge >= 0.3 is 5.97 Å². The Kier molecular flexibility index (Phi) is 4.93. The molecule has 5 heteroatoms. The van der Waals surface area contributed by atoms with Crippen molar-refractivity contribution in [1.29, 1.82) is 0 Å². The van der Waals surface area contributed by atoms with Crippen molar-refractivity contribution in [3.63, 3.8) is 0 Å². The summed E-state index contributed by atoms with van der Waals surface area (Å²) >= 11 is 1.38. The molecule has 1 aromatic heterocycles. The highest BCUT2D eigenvalue weighted by Crippen LogP contribution is 2.23. The SMILES string of the molecule is C#CCN(CC(=O)O)C(=O)c1cc(CC)c(C)s1. The first-order valence-corrected chi connectivity index (χ1v) is 6.35. The number of aryl methyl sites for hydroxylation is 2. The predicted molar refractivity (Wildman–Crippen MR) is 70.8 cm³/mol. The lowest BCUT2D eigenvalue weighted by molar-refractivity contribution is -0.137. The van der Waals surface area contributed by atoms with Gasteiger partial charge in [0, 0.05) is 4.88 Å². The fourth-order valence-electron chi connectivity index (χ4n) is 1.61. The van der Waals surface area contributed by atoms with Crippen LogP contribution in [-0.4, -0.2) is 35.0 Å². The Bertz CT molecular complexity index is 499. The Balaban J connectivity index is 2.94. The first-order chi connectivity index (χ1) is 8.49. The minimum absolute atomic E-state index is 0.00351. The van der Waals surface area contributed by atoms with Gasteiger partial charge in [-0.2, -0.15) is 0 Å². The average Bonchev–Trinajstić information content (AvgIpc) is 2.68. The number of carbonyl (C=O) groups excluding carboxylic acids is 1. The molecule has 1 aromatic rings. The van der Waals surface area contributed by atoms with Gasteiger partial charge in [0.25, 0.3) is 5.91 Å². The molecule has 0 bridgehead atoms. The van der Waals surface area contributed by atoms with Gasteiger partial charge in [-0.1, -0.05) is 12.8 Å². The summed E-state index contributed by atoms with van der Waals surface area (Å²) in [5.41, 5.74) is 1.11. The lowest BCUT2D eigenvalue weighted by Crippen LogP contribution is -2.35. The molecule has 0 saturated heterocycles. The minimum Gasteiger partial charge on any atom is -0.480 e. The van der Waals surface area contributed by atoms with Crippen LogP contribution in [0.1, 0.15) is 27.0 Å². The molecule has 1 heterocycles. The maximum Gasteiger partial charge on any atom is 0.323 e. The first-order valence-electron chi connectivity index (χ1n) is 5.53. The fourth-order valence-corrected chi connectivity index (χ4v) is 2.69. The summed E-state index contributed by atoms with van der Waals surface area (Å²) in [7, 11) is 0. The van der Waals surface area contributed by atoms with E-state index < -0.39 is 5.97 Å². The monoisotopic (exact) mass is 265 g/mol. The average molecular weight is 265 g/mol. The Labute approximate surface area is 110 Å². The van der Waals surface area contributed by atoms with Gasteiger partial charge in [-0.05, 0) is 25.0 Å². The van der Waals surface area contributed by atoms with E-state index in [1.165, 1.54) is 11.3 Å². The molecule has 4 nitrogen and oxygen atoms in total. The lowest BCUT2D eigenvalue weighted by Gasteiger charge is -2.16. The van der Waals surface area contributed by atoms with Gasteiger partial charge in [-0.3, -0.25) is 9.59 Å². The van der Waals surface area contributed by atoms with Gasteiger partial charge in [0.1, 0.15) is 6.54 Å². The summed E-state index contributed by atoms with van der Waals surface area (Å²) in [6, 6.07) is 1.81. The molecule has 96 valence electrons. The van der Waals surface area contributed by atoms with Crippen molar-refractivity contribution >= 4 is 23.2 Å². The second kappa shape index (κ2) is 6.22. The Morgan fingerprint density at radius 1 is 1.56 bits per heavy atom. The second-order valence-corrected chi connectivity index (χ2v) is 5.06. The van der Waals surface area contributed by atoms with E-state index in [0.29, 0.717) is 4.88 Å². The van der Waals surface area contributed by atoms with E-state index in [-0.39, 0.29) is 19.0 Å². The highest BCUT2D eigenvalue weighted by Gasteiger charge is 2.20. The number of hydrogen-bond acceptors (Lipinski definition) is 3. The van der Waals surface area contributed by atoms with Crippen molar-refractivity contribution in [2.24, 2.45) is 0 Å². The molecule has 0 aliphatic rings. The Morgan fingerprint density at radius 2 is 2.22 bits per heavy atom. The van der Waals surface area contributed by atoms with E-state index in [9.17, 15) is 9.59 Å². The zero-order chi connectivity index (χ0) is 13.7. The van der Waals surface area contributed by atoms with E-state index in [1.807, 2.05) is 19.9 Å². The molecule has 0 radical (unpaired) electrons. The van der Waals surface area contributed by atoms with E-state index in [0.717, 1.165) is 21.8 Å². The van der Waals surface area contributed by atoms with E-state index in [1.54, 1.807) is 0 Å². The molecule has 18 heavy (non-hydrogen) atoms. The van der Waals surface area contributed by atoms with Crippen molar-refractivity contribution in [3.05, 3.63) is 21.4 Å². The number of thiophene rings is 1. The van der Waals surface area contributed by atoms with Crippen LogP contribution in [0.5, 0.6) is 0 Å². The first kappa shape index (κ1) is 14.3. The van der Waals surface area contributed by atoms with Crippen LogP contribution in [0.15, 0.2) is 6.07 Å². The van der Waals surface area contributed by atoms with Crippen LogP contribution >= 0.6 is 11.3 Å². The molecule has 1 rings (SSSR count). The van der Waals surface area contributed by atoms with E-state index in [2.05, 4.69) is 5.92 Å². The molecular formula is C13H15NO3S. The highest BCUT2D eigenvalue weighted by molar-refractivity contribution is 7.14. The van der Waals surface area contributed by atoms with Gasteiger partial charge < -0.3 is 10.0 Å². The van der Waals surface area contributed by atoms with Gasteiger partial charge in [-0.15, -0.1) is 17.8 Å². The van der Waals surface area contributed by atoms with Gasteiger partial charge in [0.05, 0.1) is 11.4 Å². The molecule has 1 amide bonds. The van der Waals surface area contributed by atoms with Gasteiger partial charge in [0.2, 0.25) is 0 Å². The van der Waals surface area contributed by atoms with Gasteiger partial charge in [-0.25, -0.2) is 0 Å². The van der Waals surface area contributed by atoms with Crippen molar-refractivity contribution in [1.82, 2.24) is 4.90 Å². The van der Waals surface area contributed by atoms with Crippen LogP contribution in [0.2, 0.25) is 0 Å². The quantitative estimate of drug-likeness (QED) is 0.826. The Hall–Kier alpha value is -1.80. The number of carboxylic acid groups (broad SMARTS) is 1. The highest BCUT2D eigenvalue weighted by atomic mass is 32.1. The van der Waals surface area contributed by atoms with Crippen molar-refractivity contribution in [2.75, 3.05) is 13.1 Å². The number of carboxylic acids is 1. The van der Waals surface area contributed by atoms with Crippen molar-refractivity contribution in [2.45, 2.75) is 20.3 Å². The fraction of sp³-hybridized carbons (Fsp3) is 0.385. The Morgan fingerprint density at radius 3 is 2.67 bits per heavy atom. The number of carbonyl (C=O) groups is 2. The van der Waals surface area contributed by atoms with Crippen molar-refractivity contribution in [3.8, 4) is 12.3 Å². The van der Waals surface area contributed by atoms with Gasteiger partial charge in [0.15, 0.2) is 0 Å². The molecule has 0 aromatic carbocycles. The standard InChI is InChI=1S/C13H15NO3S/c1-4-6-14(8-12(15)16)13(17)11-7-10(5-2)9(3)18-11/h1,7H,5-6,8H2,2-3H3,(H,15,16). The molecule has 0 aliphatic carbocycles. The molecule has 0 aliphatic heterocycles. The van der Waals surface area contributed by atoms with Crippen LogP contribution in [0, 0.1) is 19.3 Å². The zero-order valence-electron chi connectivity index (χ0n) is 10.4. The number of amides is 1. The summed E-state index contributed by atoms with van der Waals surface area (Å²) in [4.78, 5) is 25.6. The summed E-state index contributed by atoms with van der Waals surface area (Å²) in [5.74, 6) is 0.922. The van der Waals surface area contributed by atoms with Crippen LogP contribution in [-0.2, 0) is 11.2 Å². The molecule has 0 unspecified atom stereocenters. The largest absolute Gasteiger partial charge is 0.480 e. The number of terminal acetylenes is 1. The van der Waals surface area contributed by atoms with E-state index >= 15 is 0 Å². The topological polar surface area (TPSA) is 57.6 Å². The summed E-state index contributed by atoms with van der Waals surface area (Å²) in [5, 5.41) is 8.75. The van der Waals surface area contributed by atoms with Crippen LogP contribution in [0.3, 0.4) is 0 Å². The molecule has 0 spiro atoms. The number of nitrogens with zero attached hydrogens (tertiary/aromatic N) is 1. The van der Waals surface area contributed by atoms with Crippen LogP contribution in [0.4, 0.5) is 0 Å². The summed E-state index contributed by atoms with van der Waals surface area (Å²) in [6.45, 7) is 3.59. The summed E-state index contributed by atoms with van der Waals surface area (Å²) < 4.78 is 0. The summed E-state index contributed by atoms with van der Waals surface area (Å²) in [6.07, 6.45) is 6.00. The zero-order valence-corrected chi connectivity index (χ0v) is 11.2. The molecular weight excluding hydrogens is 250 g/mol. The maximum atomic E-state index is 12.1. The van der Waals surface area contributed by atoms with Crippen LogP contribution in [0.25, 0.3) is 0 Å². The molecule has 0 fully saturated rings. The predicted octanol–water partition coefficient (Wildman–Crippen LogP) is 1.78. The normalized spacial score (nSPS) is 9.83. The van der Waals surface area contributed by atoms with Crippen LogP contribution < -0.4 is 0 Å². The van der Waals surface area contributed by atoms with E-state index in [4.69, 9.17) is 11.5 Å². The molecule has 0 atom stereocenters. The molecule has 1 N–H and O–H groups in total. The number of rotatable bonds is 5. The second-order valence-electron chi connectivity index (χ2n) is 3.80. The third-order valence-corrected chi connectivity index (χ3v) is 3.59. The third-order valence-electron chi connectivity index (χ3n) is 2.51. The maximum absolute atomic E-state index is 12.1. The number of hydrogen-bond donors (Lipinski definition) is 1. The smallest absolute Gasteiger partial charge is 0.323 e. The minimum atomic E-state index is -1.07.